The van der Waals surface area contributed by atoms with Gasteiger partial charge in [-0.15, -0.1) is 0 Å². The van der Waals surface area contributed by atoms with Crippen LogP contribution in [0.15, 0.2) is 0 Å². The van der Waals surface area contributed by atoms with E-state index in [0.717, 1.165) is 0 Å². The van der Waals surface area contributed by atoms with Crippen LogP contribution in [-0.4, -0.2) is 18.9 Å². The maximum Gasteiger partial charge on any atom is 0 e. The van der Waals surface area contributed by atoms with Crippen LogP contribution in [-0.2, 0) is 11.3 Å². The van der Waals surface area contributed by atoms with Crippen LogP contribution < -0.4 is 0 Å². The molecule has 0 aliphatic heterocycles. The molecule has 0 atom stereocenters. The average Bonchev–Trinajstić information content (AvgIpc) is 0.918. The fourth-order valence-electron chi connectivity index (χ4n) is 0. The molecule has 0 heterocycles. The molecule has 0 aromatic rings. The van der Waals surface area contributed by atoms with Gasteiger partial charge >= 0.3 is 39.6 Å². The van der Waals surface area contributed by atoms with Crippen molar-refractivity contribution in [1.82, 2.24) is 0 Å². The van der Waals surface area contributed by atoms with Gasteiger partial charge in [0.1, 0.15) is 0 Å². The second-order valence-corrected chi connectivity index (χ2v) is 4.80. The van der Waals surface area contributed by atoms with E-state index in [2.05, 4.69) is 28.2 Å². The second-order valence-electron chi connectivity index (χ2n) is 0.0431. The summed E-state index contributed by atoms with van der Waals surface area (Å²) in [6, 6.07) is 0. The van der Waals surface area contributed by atoms with Crippen LogP contribution >= 0.6 is 28.2 Å². The molecule has 0 aromatic heterocycles. The molecular formula is Br2CuLi. The second kappa shape index (κ2) is 8.91. The summed E-state index contributed by atoms with van der Waals surface area (Å²) in [5.41, 5.74) is 0. The van der Waals surface area contributed by atoms with Crippen molar-refractivity contribution in [3.8, 4) is 0 Å². The molecule has 0 aliphatic rings. The maximum atomic E-state index is 2.97. The van der Waals surface area contributed by atoms with Crippen LogP contribution in [0.5, 0.6) is 0 Å². The van der Waals surface area contributed by atoms with Crippen molar-refractivity contribution in [1.29, 1.82) is 0 Å². The first-order chi connectivity index (χ1) is 1.41. The van der Waals surface area contributed by atoms with Gasteiger partial charge in [-0.05, 0) is 0 Å². The van der Waals surface area contributed by atoms with Gasteiger partial charge in [0, 0.05) is 18.9 Å². The minimum Gasteiger partial charge on any atom is 0 e. The van der Waals surface area contributed by atoms with Crippen LogP contribution in [0.4, 0.5) is 0 Å². The Labute approximate surface area is 57.8 Å². The topological polar surface area (TPSA) is 0 Å². The van der Waals surface area contributed by atoms with E-state index >= 15 is 0 Å². The molecule has 4 heteroatoms. The fourth-order valence-corrected chi connectivity index (χ4v) is 0. The molecule has 0 saturated carbocycles. The number of hydrogen-bond donors (Lipinski definition) is 0. The summed E-state index contributed by atoms with van der Waals surface area (Å²) in [5, 5.41) is 0. The van der Waals surface area contributed by atoms with Crippen LogP contribution in [0.1, 0.15) is 0 Å². The molecule has 0 unspecified atom stereocenters. The quantitative estimate of drug-likeness (QED) is 0.550. The largest absolute Gasteiger partial charge is 0 e. The number of hydrogen-bond acceptors (Lipinski definition) is 0. The Balaban J connectivity index is 0. The molecule has 0 N–H and O–H groups in total. The van der Waals surface area contributed by atoms with Gasteiger partial charge < -0.3 is 0 Å². The molecule has 0 spiro atoms. The number of rotatable bonds is 0. The van der Waals surface area contributed by atoms with Crippen molar-refractivity contribution < 1.29 is 11.3 Å². The molecule has 0 bridgehead atoms. The number of halogens is 2. The monoisotopic (exact) mass is 228 g/mol. The smallest absolute Gasteiger partial charge is 0 e. The Hall–Kier alpha value is 2.08. The summed E-state index contributed by atoms with van der Waals surface area (Å²) >= 11 is 7.38. The summed E-state index contributed by atoms with van der Waals surface area (Å²) in [7, 11) is 0. The minimum absolute atomic E-state index is 0. The van der Waals surface area contributed by atoms with Crippen molar-refractivity contribution in [2.45, 2.75) is 0 Å². The first kappa shape index (κ1) is 9.42. The molecule has 26 valence electrons. The molecule has 0 saturated heterocycles. The van der Waals surface area contributed by atoms with Crippen molar-refractivity contribution in [2.75, 3.05) is 0 Å². The van der Waals surface area contributed by atoms with Crippen LogP contribution in [0, 0.1) is 0 Å². The molecule has 0 fully saturated rings. The molecule has 0 nitrogen and oxygen atoms in total. The zero-order valence-electron chi connectivity index (χ0n) is 2.06. The van der Waals surface area contributed by atoms with E-state index in [1.165, 1.54) is 11.3 Å². The molecule has 0 aromatic carbocycles. The van der Waals surface area contributed by atoms with Crippen LogP contribution in [0.3, 0.4) is 0 Å². The predicted molar refractivity (Wildman–Crippen MR) is 23.6 cm³/mol. The van der Waals surface area contributed by atoms with E-state index in [9.17, 15) is 0 Å². The van der Waals surface area contributed by atoms with E-state index in [4.69, 9.17) is 0 Å². The van der Waals surface area contributed by atoms with Gasteiger partial charge in [-0.25, -0.2) is 0 Å². The van der Waals surface area contributed by atoms with E-state index in [1.54, 1.807) is 0 Å². The molecule has 1 radical (unpaired) electrons. The van der Waals surface area contributed by atoms with Crippen molar-refractivity contribution in [3.05, 3.63) is 0 Å². The summed E-state index contributed by atoms with van der Waals surface area (Å²) in [6.45, 7) is 0. The summed E-state index contributed by atoms with van der Waals surface area (Å²) in [6.07, 6.45) is 0. The molecule has 0 aliphatic carbocycles. The van der Waals surface area contributed by atoms with E-state index in [-0.39, 0.29) is 18.9 Å². The average molecular weight is 230 g/mol. The normalized spacial score (nSPS) is 5.50. The third-order valence-corrected chi connectivity index (χ3v) is 0. The fraction of sp³-hybridized carbons (Fsp3) is 0. The third-order valence-electron chi connectivity index (χ3n) is 0. The molecule has 0 amide bonds. The Kier molecular flexibility index (Phi) is 21.0. The van der Waals surface area contributed by atoms with E-state index in [1.807, 2.05) is 0 Å². The van der Waals surface area contributed by atoms with E-state index in [0.29, 0.717) is 0 Å². The SMILES string of the molecule is [Br][Cu][Br].[Li]. The van der Waals surface area contributed by atoms with Crippen LogP contribution in [0.25, 0.3) is 0 Å². The molecule has 0 rings (SSSR count). The molecular weight excluding hydrogens is 230 g/mol. The van der Waals surface area contributed by atoms with Gasteiger partial charge in [0.15, 0.2) is 0 Å². The van der Waals surface area contributed by atoms with Gasteiger partial charge in [0.05, 0.1) is 0 Å². The van der Waals surface area contributed by atoms with Gasteiger partial charge in [0.2, 0.25) is 0 Å². The molecule has 4 heavy (non-hydrogen) atoms. The minimum atomic E-state index is 0. The Morgan fingerprint density at radius 1 is 1.25 bits per heavy atom. The maximum absolute atomic E-state index is 2.97. The summed E-state index contributed by atoms with van der Waals surface area (Å²) in [5.74, 6) is 0. The van der Waals surface area contributed by atoms with Crippen molar-refractivity contribution >= 4 is 47.1 Å². The van der Waals surface area contributed by atoms with Crippen molar-refractivity contribution in [3.63, 3.8) is 0 Å². The first-order valence-corrected chi connectivity index (χ1v) is 4.88. The predicted octanol–water partition coefficient (Wildman–Crippen LogP) is 1.31. The third kappa shape index (κ3) is 8.95. The zero-order valence-corrected chi connectivity index (χ0v) is 6.17. The van der Waals surface area contributed by atoms with Gasteiger partial charge in [-0.2, -0.15) is 0 Å². The van der Waals surface area contributed by atoms with Crippen molar-refractivity contribution in [2.24, 2.45) is 0 Å². The standard InChI is InChI=1S/2BrH.Cu.Li/h2*1H;;/q;;+2;/p-2. The Morgan fingerprint density at radius 3 is 1.25 bits per heavy atom. The van der Waals surface area contributed by atoms with Gasteiger partial charge in [0.25, 0.3) is 0 Å². The van der Waals surface area contributed by atoms with E-state index < -0.39 is 0 Å². The van der Waals surface area contributed by atoms with Crippen LogP contribution in [0.2, 0.25) is 0 Å². The summed E-state index contributed by atoms with van der Waals surface area (Å²) < 4.78 is 0. The Morgan fingerprint density at radius 2 is 1.25 bits per heavy atom. The first-order valence-electron chi connectivity index (χ1n) is 0.228. The Bertz CT molecular complexity index is 6.00. The van der Waals surface area contributed by atoms with Gasteiger partial charge in [-0.3, -0.25) is 0 Å². The van der Waals surface area contributed by atoms with Gasteiger partial charge in [-0.1, -0.05) is 0 Å². The summed E-state index contributed by atoms with van der Waals surface area (Å²) in [4.78, 5) is 0. The zero-order chi connectivity index (χ0) is 2.71.